The van der Waals surface area contributed by atoms with Crippen molar-refractivity contribution in [2.24, 2.45) is 0 Å². The Kier molecular flexibility index (Phi) is 4.16. The van der Waals surface area contributed by atoms with Crippen molar-refractivity contribution < 1.29 is 9.53 Å². The lowest BCUT2D eigenvalue weighted by Crippen LogP contribution is -2.45. The second-order valence-electron chi connectivity index (χ2n) is 3.84. The van der Waals surface area contributed by atoms with Crippen LogP contribution in [-0.4, -0.2) is 30.6 Å². The summed E-state index contributed by atoms with van der Waals surface area (Å²) in [6, 6.07) is 9.33. The summed E-state index contributed by atoms with van der Waals surface area (Å²) in [5.74, 6) is 0.588. The van der Waals surface area contributed by atoms with Crippen LogP contribution in [0.2, 0.25) is 0 Å². The highest BCUT2D eigenvalue weighted by Crippen LogP contribution is 2.07. The van der Waals surface area contributed by atoms with Crippen LogP contribution in [0.1, 0.15) is 6.42 Å². The van der Waals surface area contributed by atoms with E-state index >= 15 is 0 Å². The van der Waals surface area contributed by atoms with E-state index in [2.05, 4.69) is 11.5 Å². The molecular weight excluding hydrogens is 216 g/mol. The Labute approximate surface area is 101 Å². The van der Waals surface area contributed by atoms with Gasteiger partial charge >= 0.3 is 0 Å². The molecule has 0 atom stereocenters. The summed E-state index contributed by atoms with van der Waals surface area (Å²) in [5.41, 5.74) is 2.81. The van der Waals surface area contributed by atoms with E-state index in [9.17, 15) is 4.79 Å². The van der Waals surface area contributed by atoms with Gasteiger partial charge in [-0.1, -0.05) is 30.4 Å². The van der Waals surface area contributed by atoms with Gasteiger partial charge in [-0.3, -0.25) is 10.2 Å². The van der Waals surface area contributed by atoms with E-state index in [4.69, 9.17) is 4.74 Å². The Bertz CT molecular complexity index is 390. The number of hydrazine groups is 1. The number of ether oxygens (including phenoxy) is 1. The highest BCUT2D eigenvalue weighted by molar-refractivity contribution is 5.77. The van der Waals surface area contributed by atoms with Crippen LogP contribution in [0, 0.1) is 0 Å². The molecule has 0 radical (unpaired) electrons. The van der Waals surface area contributed by atoms with Crippen molar-refractivity contribution in [1.29, 1.82) is 0 Å². The standard InChI is InChI=1S/C13H16N2O2/c16-13(14-15-9-5-2-6-10-15)11-17-12-7-3-1-4-8-12/h1-5,7-8H,6,9-11H2,(H,14,16). The third-order valence-corrected chi connectivity index (χ3v) is 2.45. The molecule has 0 aliphatic carbocycles. The monoisotopic (exact) mass is 232 g/mol. The molecule has 4 nitrogen and oxygen atoms in total. The Morgan fingerprint density at radius 2 is 2.12 bits per heavy atom. The number of nitrogens with zero attached hydrogens (tertiary/aromatic N) is 1. The molecule has 0 aromatic heterocycles. The van der Waals surface area contributed by atoms with E-state index in [1.54, 1.807) is 0 Å². The molecule has 17 heavy (non-hydrogen) atoms. The Morgan fingerprint density at radius 1 is 1.29 bits per heavy atom. The van der Waals surface area contributed by atoms with Gasteiger partial charge in [0.1, 0.15) is 5.75 Å². The minimum atomic E-state index is -0.121. The highest BCUT2D eigenvalue weighted by Gasteiger charge is 2.09. The van der Waals surface area contributed by atoms with Crippen molar-refractivity contribution in [2.75, 3.05) is 19.7 Å². The Balaban J connectivity index is 1.72. The third-order valence-electron chi connectivity index (χ3n) is 2.45. The van der Waals surface area contributed by atoms with E-state index in [0.29, 0.717) is 5.75 Å². The van der Waals surface area contributed by atoms with Crippen LogP contribution in [0.5, 0.6) is 5.75 Å². The maximum atomic E-state index is 11.6. The van der Waals surface area contributed by atoms with Crippen LogP contribution in [-0.2, 0) is 4.79 Å². The lowest BCUT2D eigenvalue weighted by Gasteiger charge is -2.23. The van der Waals surface area contributed by atoms with Gasteiger partial charge in [0.05, 0.1) is 0 Å². The molecule has 0 saturated carbocycles. The van der Waals surface area contributed by atoms with Gasteiger partial charge in [-0.05, 0) is 18.6 Å². The molecule has 1 N–H and O–H groups in total. The zero-order valence-electron chi connectivity index (χ0n) is 9.63. The van der Waals surface area contributed by atoms with Crippen molar-refractivity contribution in [2.45, 2.75) is 6.42 Å². The fraction of sp³-hybridized carbons (Fsp3) is 0.308. The first-order valence-corrected chi connectivity index (χ1v) is 5.72. The van der Waals surface area contributed by atoms with Gasteiger partial charge in [0.25, 0.3) is 5.91 Å². The van der Waals surface area contributed by atoms with Crippen LogP contribution >= 0.6 is 0 Å². The molecule has 4 heteroatoms. The number of para-hydroxylation sites is 1. The van der Waals surface area contributed by atoms with E-state index in [-0.39, 0.29) is 12.5 Å². The zero-order valence-corrected chi connectivity index (χ0v) is 9.63. The summed E-state index contributed by atoms with van der Waals surface area (Å²) in [6.07, 6.45) is 5.13. The van der Waals surface area contributed by atoms with Gasteiger partial charge in [-0.2, -0.15) is 0 Å². The largest absolute Gasteiger partial charge is 0.484 e. The lowest BCUT2D eigenvalue weighted by molar-refractivity contribution is -0.127. The maximum absolute atomic E-state index is 11.6. The molecule has 1 amide bonds. The average molecular weight is 232 g/mol. The van der Waals surface area contributed by atoms with Crippen LogP contribution in [0.15, 0.2) is 42.5 Å². The molecule has 0 spiro atoms. The average Bonchev–Trinajstić information content (AvgIpc) is 2.39. The van der Waals surface area contributed by atoms with Crippen LogP contribution in [0.3, 0.4) is 0 Å². The van der Waals surface area contributed by atoms with E-state index in [1.165, 1.54) is 0 Å². The molecule has 0 bridgehead atoms. The number of hydrogen-bond acceptors (Lipinski definition) is 3. The second-order valence-corrected chi connectivity index (χ2v) is 3.84. The summed E-state index contributed by atoms with van der Waals surface area (Å²) < 4.78 is 5.35. The van der Waals surface area contributed by atoms with E-state index in [1.807, 2.05) is 41.4 Å². The van der Waals surface area contributed by atoms with Crippen LogP contribution in [0.25, 0.3) is 0 Å². The maximum Gasteiger partial charge on any atom is 0.272 e. The first-order chi connectivity index (χ1) is 8.34. The Morgan fingerprint density at radius 3 is 2.82 bits per heavy atom. The molecule has 0 fully saturated rings. The SMILES string of the molecule is O=C(COc1ccccc1)NN1CC=CCC1. The summed E-state index contributed by atoms with van der Waals surface area (Å²) >= 11 is 0. The number of rotatable bonds is 4. The van der Waals surface area contributed by atoms with Crippen LogP contribution < -0.4 is 10.2 Å². The van der Waals surface area contributed by atoms with Gasteiger partial charge in [0.15, 0.2) is 6.61 Å². The molecular formula is C13H16N2O2. The summed E-state index contributed by atoms with van der Waals surface area (Å²) in [5, 5.41) is 1.89. The van der Waals surface area contributed by atoms with Crippen molar-refractivity contribution in [3.63, 3.8) is 0 Å². The molecule has 90 valence electrons. The van der Waals surface area contributed by atoms with E-state index in [0.717, 1.165) is 19.5 Å². The zero-order chi connectivity index (χ0) is 11.9. The third kappa shape index (κ3) is 3.92. The van der Waals surface area contributed by atoms with Crippen molar-refractivity contribution in [3.8, 4) is 5.75 Å². The van der Waals surface area contributed by atoms with Crippen LogP contribution in [0.4, 0.5) is 0 Å². The van der Waals surface area contributed by atoms with E-state index < -0.39 is 0 Å². The molecule has 1 aromatic carbocycles. The number of benzene rings is 1. The molecule has 1 heterocycles. The number of carbonyl (C=O) groups excluding carboxylic acids is 1. The van der Waals surface area contributed by atoms with Gasteiger partial charge in [-0.15, -0.1) is 0 Å². The number of hydrogen-bond donors (Lipinski definition) is 1. The summed E-state index contributed by atoms with van der Waals surface area (Å²) in [6.45, 7) is 1.66. The number of amides is 1. The number of carbonyl (C=O) groups is 1. The van der Waals surface area contributed by atoms with Crippen molar-refractivity contribution in [3.05, 3.63) is 42.5 Å². The lowest BCUT2D eigenvalue weighted by atomic mass is 10.3. The molecule has 1 aromatic rings. The number of nitrogens with one attached hydrogen (secondary N) is 1. The van der Waals surface area contributed by atoms with Gasteiger partial charge in [0, 0.05) is 13.1 Å². The van der Waals surface area contributed by atoms with Gasteiger partial charge in [0.2, 0.25) is 0 Å². The fourth-order valence-corrected chi connectivity index (χ4v) is 1.62. The molecule has 0 saturated heterocycles. The molecule has 2 rings (SSSR count). The predicted octanol–water partition coefficient (Wildman–Crippen LogP) is 1.36. The predicted molar refractivity (Wildman–Crippen MR) is 65.4 cm³/mol. The molecule has 0 unspecified atom stereocenters. The second kappa shape index (κ2) is 6.06. The molecule has 1 aliphatic rings. The smallest absolute Gasteiger partial charge is 0.272 e. The fourth-order valence-electron chi connectivity index (χ4n) is 1.62. The van der Waals surface area contributed by atoms with Crippen molar-refractivity contribution >= 4 is 5.91 Å². The topological polar surface area (TPSA) is 41.6 Å². The highest BCUT2D eigenvalue weighted by atomic mass is 16.5. The minimum absolute atomic E-state index is 0.0459. The first-order valence-electron chi connectivity index (χ1n) is 5.72. The normalized spacial score (nSPS) is 15.5. The van der Waals surface area contributed by atoms with Gasteiger partial charge in [-0.25, -0.2) is 5.01 Å². The van der Waals surface area contributed by atoms with Gasteiger partial charge < -0.3 is 4.74 Å². The quantitative estimate of drug-likeness (QED) is 0.797. The summed E-state index contributed by atoms with van der Waals surface area (Å²) in [4.78, 5) is 11.6. The first kappa shape index (κ1) is 11.7. The minimum Gasteiger partial charge on any atom is -0.484 e. The molecule has 1 aliphatic heterocycles. The van der Waals surface area contributed by atoms with Crippen molar-refractivity contribution in [1.82, 2.24) is 10.4 Å². The summed E-state index contributed by atoms with van der Waals surface area (Å²) in [7, 11) is 0. The Hall–Kier alpha value is -1.81.